The second-order valence-corrected chi connectivity index (χ2v) is 8.72. The van der Waals surface area contributed by atoms with Crippen LogP contribution in [-0.2, 0) is 6.42 Å². The minimum Gasteiger partial charge on any atom is -0.349 e. The Bertz CT molecular complexity index is 910. The molecule has 138 valence electrons. The van der Waals surface area contributed by atoms with Crippen molar-refractivity contribution < 1.29 is 4.79 Å². The van der Waals surface area contributed by atoms with Gasteiger partial charge in [0, 0.05) is 28.1 Å². The first-order valence-corrected chi connectivity index (χ1v) is 10.5. The zero-order valence-corrected chi connectivity index (χ0v) is 16.8. The third-order valence-electron chi connectivity index (χ3n) is 5.84. The maximum absolute atomic E-state index is 13.0. The fraction of sp³-hybridized carbons (Fsp3) is 0.524. The van der Waals surface area contributed by atoms with Crippen molar-refractivity contribution >= 4 is 32.7 Å². The molecule has 1 aromatic heterocycles. The van der Waals surface area contributed by atoms with Crippen LogP contribution in [-0.4, -0.2) is 16.5 Å². The number of hydrogen-bond donors (Lipinski definition) is 1. The summed E-state index contributed by atoms with van der Waals surface area (Å²) in [5.74, 6) is -0.216. The van der Waals surface area contributed by atoms with Crippen LogP contribution in [0, 0.1) is 0 Å². The second kappa shape index (κ2) is 7.18. The number of amides is 1. The number of rotatable bonds is 2. The maximum Gasteiger partial charge on any atom is 0.256 e. The van der Waals surface area contributed by atoms with E-state index in [1.807, 2.05) is 6.07 Å². The minimum atomic E-state index is -0.216. The number of benzene rings is 1. The average molecular weight is 417 g/mol. The van der Waals surface area contributed by atoms with Crippen molar-refractivity contribution in [3.8, 4) is 0 Å². The fourth-order valence-corrected chi connectivity index (χ4v) is 4.99. The van der Waals surface area contributed by atoms with Crippen molar-refractivity contribution in [3.05, 3.63) is 44.2 Å². The molecular weight excluding hydrogens is 392 g/mol. The van der Waals surface area contributed by atoms with Crippen LogP contribution in [0.15, 0.2) is 27.6 Å². The summed E-state index contributed by atoms with van der Waals surface area (Å²) >= 11 is 3.51. The first kappa shape index (κ1) is 17.8. The van der Waals surface area contributed by atoms with Gasteiger partial charge in [0.1, 0.15) is 5.56 Å². The summed E-state index contributed by atoms with van der Waals surface area (Å²) in [4.78, 5) is 25.9. The molecule has 1 fully saturated rings. The largest absolute Gasteiger partial charge is 0.349 e. The standard InChI is InChI=1S/C21H25BrN2O2/c1-13-9-14-10-15(22)11-17-19(14)24(13)12-18(20(17)25)21(26)23-16-7-5-3-2-4-6-8-16/h10-13,16H,2-9H2,1H3,(H,23,26). The van der Waals surface area contributed by atoms with Crippen LogP contribution in [0.4, 0.5) is 0 Å². The van der Waals surface area contributed by atoms with Gasteiger partial charge in [0.2, 0.25) is 5.43 Å². The van der Waals surface area contributed by atoms with Crippen LogP contribution >= 0.6 is 15.9 Å². The maximum atomic E-state index is 13.0. The van der Waals surface area contributed by atoms with E-state index in [9.17, 15) is 9.59 Å². The van der Waals surface area contributed by atoms with E-state index < -0.39 is 0 Å². The van der Waals surface area contributed by atoms with Crippen molar-refractivity contribution in [2.24, 2.45) is 0 Å². The summed E-state index contributed by atoms with van der Waals surface area (Å²) in [6.45, 7) is 2.13. The summed E-state index contributed by atoms with van der Waals surface area (Å²) in [7, 11) is 0. The monoisotopic (exact) mass is 416 g/mol. The quantitative estimate of drug-likeness (QED) is 0.769. The molecule has 4 nitrogen and oxygen atoms in total. The zero-order chi connectivity index (χ0) is 18.3. The van der Waals surface area contributed by atoms with E-state index in [1.54, 1.807) is 6.20 Å². The highest BCUT2D eigenvalue weighted by Gasteiger charge is 2.26. The lowest BCUT2D eigenvalue weighted by Crippen LogP contribution is -2.38. The second-order valence-electron chi connectivity index (χ2n) is 7.81. The molecule has 1 aromatic carbocycles. The number of halogens is 1. The first-order valence-electron chi connectivity index (χ1n) is 9.72. The molecule has 1 N–H and O–H groups in total. The molecule has 0 radical (unpaired) electrons. The van der Waals surface area contributed by atoms with Gasteiger partial charge in [-0.05, 0) is 43.9 Å². The molecule has 1 aliphatic heterocycles. The SMILES string of the molecule is CC1Cc2cc(Br)cc3c(=O)c(C(=O)NC4CCCCCCC4)cn1c23. The Labute approximate surface area is 162 Å². The average Bonchev–Trinajstić information content (AvgIpc) is 2.88. The predicted octanol–water partition coefficient (Wildman–Crippen LogP) is 4.72. The molecule has 1 amide bonds. The summed E-state index contributed by atoms with van der Waals surface area (Å²) < 4.78 is 3.00. The predicted molar refractivity (Wildman–Crippen MR) is 108 cm³/mol. The topological polar surface area (TPSA) is 51.1 Å². The van der Waals surface area contributed by atoms with E-state index in [2.05, 4.69) is 38.8 Å². The number of hydrogen-bond acceptors (Lipinski definition) is 2. The van der Waals surface area contributed by atoms with Crippen LogP contribution in [0.3, 0.4) is 0 Å². The molecule has 1 atom stereocenters. The van der Waals surface area contributed by atoms with Crippen LogP contribution in [0.1, 0.15) is 73.8 Å². The van der Waals surface area contributed by atoms with E-state index in [4.69, 9.17) is 0 Å². The lowest BCUT2D eigenvalue weighted by Gasteiger charge is -2.21. The minimum absolute atomic E-state index is 0.156. The molecule has 0 saturated heterocycles. The number of aromatic nitrogens is 1. The Kier molecular flexibility index (Phi) is 4.91. The van der Waals surface area contributed by atoms with E-state index in [0.717, 1.165) is 42.1 Å². The van der Waals surface area contributed by atoms with Gasteiger partial charge in [-0.25, -0.2) is 0 Å². The van der Waals surface area contributed by atoms with Gasteiger partial charge in [-0.15, -0.1) is 0 Å². The normalized spacial score (nSPS) is 20.8. The van der Waals surface area contributed by atoms with Crippen LogP contribution in [0.5, 0.6) is 0 Å². The summed E-state index contributed by atoms with van der Waals surface area (Å²) in [5.41, 5.74) is 2.27. The van der Waals surface area contributed by atoms with Gasteiger partial charge in [-0.2, -0.15) is 0 Å². The molecule has 2 heterocycles. The third kappa shape index (κ3) is 3.22. The number of carbonyl (C=O) groups excluding carboxylic acids is 1. The first-order chi connectivity index (χ1) is 12.5. The Morgan fingerprint density at radius 2 is 1.85 bits per heavy atom. The number of carbonyl (C=O) groups is 1. The van der Waals surface area contributed by atoms with E-state index in [-0.39, 0.29) is 29.0 Å². The van der Waals surface area contributed by atoms with Gasteiger partial charge in [-0.3, -0.25) is 9.59 Å². The highest BCUT2D eigenvalue weighted by molar-refractivity contribution is 9.10. The van der Waals surface area contributed by atoms with Gasteiger partial charge in [0.15, 0.2) is 0 Å². The summed E-state index contributed by atoms with van der Waals surface area (Å²) in [6, 6.07) is 4.38. The number of nitrogens with zero attached hydrogens (tertiary/aromatic N) is 1. The molecule has 0 bridgehead atoms. The molecule has 2 aromatic rings. The highest BCUT2D eigenvalue weighted by Crippen LogP contribution is 2.33. The Morgan fingerprint density at radius 3 is 2.58 bits per heavy atom. The van der Waals surface area contributed by atoms with Crippen molar-refractivity contribution in [3.63, 3.8) is 0 Å². The van der Waals surface area contributed by atoms with Crippen molar-refractivity contribution in [1.82, 2.24) is 9.88 Å². The summed E-state index contributed by atoms with van der Waals surface area (Å²) in [6.07, 6.45) is 10.8. The molecule has 5 heteroatoms. The third-order valence-corrected chi connectivity index (χ3v) is 6.30. The molecule has 4 rings (SSSR count). The summed E-state index contributed by atoms with van der Waals surface area (Å²) in [5, 5.41) is 3.78. The molecule has 1 aliphatic carbocycles. The molecular formula is C21H25BrN2O2. The lowest BCUT2D eigenvalue weighted by molar-refractivity contribution is 0.0928. The number of pyridine rings is 1. The van der Waals surface area contributed by atoms with Crippen molar-refractivity contribution in [2.45, 2.75) is 70.4 Å². The van der Waals surface area contributed by atoms with Gasteiger partial charge < -0.3 is 9.88 Å². The molecule has 1 unspecified atom stereocenters. The highest BCUT2D eigenvalue weighted by atomic mass is 79.9. The van der Waals surface area contributed by atoms with Crippen LogP contribution in [0.2, 0.25) is 0 Å². The molecule has 1 saturated carbocycles. The van der Waals surface area contributed by atoms with E-state index in [0.29, 0.717) is 5.39 Å². The Balaban J connectivity index is 1.70. The van der Waals surface area contributed by atoms with Gasteiger partial charge in [-0.1, -0.05) is 48.0 Å². The molecule has 26 heavy (non-hydrogen) atoms. The lowest BCUT2D eigenvalue weighted by atomic mass is 9.96. The molecule has 0 spiro atoms. The smallest absolute Gasteiger partial charge is 0.256 e. The Hall–Kier alpha value is -1.62. The van der Waals surface area contributed by atoms with E-state index >= 15 is 0 Å². The molecule has 2 aliphatic rings. The van der Waals surface area contributed by atoms with Gasteiger partial charge >= 0.3 is 0 Å². The zero-order valence-electron chi connectivity index (χ0n) is 15.2. The van der Waals surface area contributed by atoms with E-state index in [1.165, 1.54) is 24.8 Å². The number of nitrogens with one attached hydrogen (secondary N) is 1. The van der Waals surface area contributed by atoms with Crippen LogP contribution < -0.4 is 10.7 Å². The van der Waals surface area contributed by atoms with Gasteiger partial charge in [0.05, 0.1) is 5.52 Å². The van der Waals surface area contributed by atoms with Gasteiger partial charge in [0.25, 0.3) is 5.91 Å². The Morgan fingerprint density at radius 1 is 1.15 bits per heavy atom. The fourth-order valence-electron chi connectivity index (χ4n) is 4.49. The van der Waals surface area contributed by atoms with Crippen molar-refractivity contribution in [1.29, 1.82) is 0 Å². The van der Waals surface area contributed by atoms with Crippen molar-refractivity contribution in [2.75, 3.05) is 0 Å². The van der Waals surface area contributed by atoms with Crippen LogP contribution in [0.25, 0.3) is 10.9 Å².